The number of ketones is 1. The molecule has 37 heavy (non-hydrogen) atoms. The van der Waals surface area contributed by atoms with Gasteiger partial charge in [0.1, 0.15) is 17.3 Å². The van der Waals surface area contributed by atoms with Crippen molar-refractivity contribution in [1.82, 2.24) is 0 Å². The predicted octanol–water partition coefficient (Wildman–Crippen LogP) is 5.64. The van der Waals surface area contributed by atoms with E-state index >= 15 is 0 Å². The number of nitrogens with zero attached hydrogens (tertiary/aromatic N) is 1. The Hall–Kier alpha value is -4.39. The molecule has 0 aliphatic carbocycles. The maximum absolute atomic E-state index is 13.5. The molecule has 0 radical (unpaired) electrons. The number of hydrogen-bond donors (Lipinski definition) is 1. The largest absolute Gasteiger partial charge is 0.507 e. The summed E-state index contributed by atoms with van der Waals surface area (Å²) >= 11 is 0. The molecule has 0 aromatic heterocycles. The number of esters is 1. The van der Waals surface area contributed by atoms with Crippen LogP contribution in [0.5, 0.6) is 11.5 Å². The van der Waals surface area contributed by atoms with Crippen molar-refractivity contribution in [3.05, 3.63) is 94.6 Å². The van der Waals surface area contributed by atoms with Gasteiger partial charge in [0.2, 0.25) is 0 Å². The van der Waals surface area contributed by atoms with Crippen LogP contribution >= 0.6 is 0 Å². The SMILES string of the molecule is CC(=O)Oc1cccc(C2/C(=C(\O)c3cccc(OC(C)C)c3)C(=O)C(=O)N2c2cc(C)cc(C)c2)c1. The second-order valence-corrected chi connectivity index (χ2v) is 9.38. The van der Waals surface area contributed by atoms with Gasteiger partial charge in [-0.1, -0.05) is 30.3 Å². The number of hydrogen-bond acceptors (Lipinski definition) is 6. The molecule has 1 N–H and O–H groups in total. The van der Waals surface area contributed by atoms with E-state index in [1.165, 1.54) is 11.8 Å². The Labute approximate surface area is 215 Å². The van der Waals surface area contributed by atoms with Crippen LogP contribution < -0.4 is 14.4 Å². The number of carbonyl (C=O) groups excluding carboxylic acids is 3. The first kappa shape index (κ1) is 25.7. The van der Waals surface area contributed by atoms with Gasteiger partial charge in [0.05, 0.1) is 17.7 Å². The summed E-state index contributed by atoms with van der Waals surface area (Å²) < 4.78 is 11.0. The number of carbonyl (C=O) groups is 3. The molecule has 1 heterocycles. The third-order valence-corrected chi connectivity index (χ3v) is 5.84. The van der Waals surface area contributed by atoms with Gasteiger partial charge in [-0.15, -0.1) is 0 Å². The van der Waals surface area contributed by atoms with Gasteiger partial charge in [0, 0.05) is 18.2 Å². The van der Waals surface area contributed by atoms with Crippen LogP contribution in [0.1, 0.15) is 49.1 Å². The summed E-state index contributed by atoms with van der Waals surface area (Å²) in [5.74, 6) is -1.59. The zero-order valence-corrected chi connectivity index (χ0v) is 21.4. The molecule has 7 heteroatoms. The van der Waals surface area contributed by atoms with Gasteiger partial charge in [0.25, 0.3) is 11.7 Å². The van der Waals surface area contributed by atoms with Crippen LogP contribution in [0.3, 0.4) is 0 Å². The molecule has 1 fully saturated rings. The van der Waals surface area contributed by atoms with Crippen LogP contribution in [0.15, 0.2) is 72.3 Å². The molecule has 1 saturated heterocycles. The van der Waals surface area contributed by atoms with E-state index in [1.54, 1.807) is 48.5 Å². The fourth-order valence-electron chi connectivity index (χ4n) is 4.56. The maximum atomic E-state index is 13.5. The molecule has 3 aromatic rings. The minimum absolute atomic E-state index is 0.0640. The molecule has 1 amide bonds. The van der Waals surface area contributed by atoms with E-state index in [-0.39, 0.29) is 23.2 Å². The third kappa shape index (κ3) is 5.40. The Morgan fingerprint density at radius 3 is 2.22 bits per heavy atom. The summed E-state index contributed by atoms with van der Waals surface area (Å²) in [6.45, 7) is 8.88. The van der Waals surface area contributed by atoms with Crippen molar-refractivity contribution in [2.45, 2.75) is 46.8 Å². The fourth-order valence-corrected chi connectivity index (χ4v) is 4.56. The van der Waals surface area contributed by atoms with Crippen LogP contribution in [0.2, 0.25) is 0 Å². The lowest BCUT2D eigenvalue weighted by atomic mass is 9.94. The van der Waals surface area contributed by atoms with Crippen molar-refractivity contribution in [3.63, 3.8) is 0 Å². The smallest absolute Gasteiger partial charge is 0.308 e. The first-order valence-corrected chi connectivity index (χ1v) is 12.0. The Morgan fingerprint density at radius 2 is 1.57 bits per heavy atom. The molecule has 7 nitrogen and oxygen atoms in total. The predicted molar refractivity (Wildman–Crippen MR) is 141 cm³/mol. The molecular weight excluding hydrogens is 470 g/mol. The molecule has 3 aromatic carbocycles. The van der Waals surface area contributed by atoms with E-state index in [9.17, 15) is 19.5 Å². The number of amides is 1. The molecule has 1 aliphatic heterocycles. The Kier molecular flexibility index (Phi) is 7.16. The number of ether oxygens (including phenoxy) is 2. The molecule has 1 atom stereocenters. The quantitative estimate of drug-likeness (QED) is 0.155. The van der Waals surface area contributed by atoms with Crippen molar-refractivity contribution in [1.29, 1.82) is 0 Å². The second-order valence-electron chi connectivity index (χ2n) is 9.38. The normalized spacial score (nSPS) is 16.8. The average molecular weight is 500 g/mol. The average Bonchev–Trinajstić information content (AvgIpc) is 3.08. The zero-order valence-electron chi connectivity index (χ0n) is 21.4. The van der Waals surface area contributed by atoms with Crippen molar-refractivity contribution < 1.29 is 29.0 Å². The minimum atomic E-state index is -0.952. The van der Waals surface area contributed by atoms with E-state index in [0.717, 1.165) is 11.1 Å². The summed E-state index contributed by atoms with van der Waals surface area (Å²) in [6.07, 6.45) is -0.0865. The minimum Gasteiger partial charge on any atom is -0.507 e. The summed E-state index contributed by atoms with van der Waals surface area (Å²) in [5, 5.41) is 11.4. The maximum Gasteiger partial charge on any atom is 0.308 e. The number of anilines is 1. The summed E-state index contributed by atoms with van der Waals surface area (Å²) in [6, 6.07) is 18.0. The van der Waals surface area contributed by atoms with E-state index in [0.29, 0.717) is 22.6 Å². The van der Waals surface area contributed by atoms with E-state index in [4.69, 9.17) is 9.47 Å². The molecule has 1 unspecified atom stereocenters. The van der Waals surface area contributed by atoms with Crippen molar-refractivity contribution in [2.24, 2.45) is 0 Å². The Morgan fingerprint density at radius 1 is 0.919 bits per heavy atom. The highest BCUT2D eigenvalue weighted by atomic mass is 16.5. The molecule has 0 spiro atoms. The molecule has 0 bridgehead atoms. The highest BCUT2D eigenvalue weighted by molar-refractivity contribution is 6.51. The third-order valence-electron chi connectivity index (χ3n) is 5.84. The molecule has 190 valence electrons. The van der Waals surface area contributed by atoms with E-state index in [2.05, 4.69) is 0 Å². The summed E-state index contributed by atoms with van der Waals surface area (Å²) in [5.41, 5.74) is 3.15. The lowest BCUT2D eigenvalue weighted by Gasteiger charge is -2.26. The summed E-state index contributed by atoms with van der Waals surface area (Å²) in [7, 11) is 0. The fraction of sp³-hybridized carbons (Fsp3) is 0.233. The number of aryl methyl sites for hydroxylation is 2. The van der Waals surface area contributed by atoms with Gasteiger partial charge < -0.3 is 14.6 Å². The first-order valence-electron chi connectivity index (χ1n) is 12.0. The molecule has 0 saturated carbocycles. The van der Waals surface area contributed by atoms with Gasteiger partial charge >= 0.3 is 5.97 Å². The van der Waals surface area contributed by atoms with Crippen LogP contribution in [0.25, 0.3) is 5.76 Å². The van der Waals surface area contributed by atoms with Crippen LogP contribution in [-0.4, -0.2) is 28.9 Å². The number of rotatable bonds is 6. The van der Waals surface area contributed by atoms with Gasteiger partial charge in [-0.05, 0) is 80.8 Å². The first-order chi connectivity index (χ1) is 17.5. The highest BCUT2D eigenvalue weighted by Gasteiger charge is 2.47. The lowest BCUT2D eigenvalue weighted by molar-refractivity contribution is -0.132. The topological polar surface area (TPSA) is 93.1 Å². The lowest BCUT2D eigenvalue weighted by Crippen LogP contribution is -2.29. The van der Waals surface area contributed by atoms with Crippen molar-refractivity contribution in [3.8, 4) is 11.5 Å². The summed E-state index contributed by atoms with van der Waals surface area (Å²) in [4.78, 5) is 39.9. The second kappa shape index (κ2) is 10.3. The Bertz CT molecular complexity index is 1400. The van der Waals surface area contributed by atoms with Crippen molar-refractivity contribution in [2.75, 3.05) is 4.90 Å². The van der Waals surface area contributed by atoms with Gasteiger partial charge in [-0.2, -0.15) is 0 Å². The Balaban J connectivity index is 1.94. The van der Waals surface area contributed by atoms with Gasteiger partial charge in [-0.3, -0.25) is 19.3 Å². The molecule has 1 aliphatic rings. The number of benzene rings is 3. The van der Waals surface area contributed by atoms with Gasteiger partial charge in [-0.25, -0.2) is 0 Å². The zero-order chi connectivity index (χ0) is 26.9. The monoisotopic (exact) mass is 499 g/mol. The standard InChI is InChI=1S/C30H29NO6/c1-17(2)36-24-10-7-9-22(16-24)28(33)26-27(21-8-6-11-25(15-21)37-20(5)32)31(30(35)29(26)34)23-13-18(3)12-19(4)14-23/h6-17,27,33H,1-5H3/b28-26+. The van der Waals surface area contributed by atoms with E-state index in [1.807, 2.05) is 45.9 Å². The molecular formula is C30H29NO6. The molecule has 4 rings (SSSR count). The number of Topliss-reactive ketones (excluding diaryl/α,β-unsaturated/α-hetero) is 1. The van der Waals surface area contributed by atoms with Crippen LogP contribution in [0, 0.1) is 13.8 Å². The van der Waals surface area contributed by atoms with E-state index < -0.39 is 23.7 Å². The number of aliphatic hydroxyl groups excluding tert-OH is 1. The van der Waals surface area contributed by atoms with Crippen molar-refractivity contribution >= 4 is 29.1 Å². The van der Waals surface area contributed by atoms with Gasteiger partial charge in [0.15, 0.2) is 0 Å². The van der Waals surface area contributed by atoms with Crippen LogP contribution in [-0.2, 0) is 14.4 Å². The van der Waals surface area contributed by atoms with Crippen LogP contribution in [0.4, 0.5) is 5.69 Å². The number of aliphatic hydroxyl groups is 1. The highest BCUT2D eigenvalue weighted by Crippen LogP contribution is 2.43.